The maximum Gasteiger partial charge on any atom is 0.0897 e. The number of benzene rings is 1. The van der Waals surface area contributed by atoms with E-state index in [1.165, 1.54) is 11.1 Å². The smallest absolute Gasteiger partial charge is 0.0897 e. The third-order valence-corrected chi connectivity index (χ3v) is 3.93. The molecule has 0 spiro atoms. The lowest BCUT2D eigenvalue weighted by atomic mass is 10.1. The molecule has 0 saturated heterocycles. The highest BCUT2D eigenvalue weighted by Gasteiger charge is 2.10. The number of nitrogens with two attached hydrogens (primary N) is 1. The molecule has 0 bridgehead atoms. The van der Waals surface area contributed by atoms with Gasteiger partial charge in [-0.05, 0) is 26.5 Å². The summed E-state index contributed by atoms with van der Waals surface area (Å²) < 4.78 is 0. The average Bonchev–Trinajstić information content (AvgIpc) is 2.75. The molecule has 0 aliphatic rings. The van der Waals surface area contributed by atoms with Gasteiger partial charge >= 0.3 is 0 Å². The Morgan fingerprint density at radius 2 is 1.95 bits per heavy atom. The number of hydrogen-bond acceptors (Lipinski definition) is 4. The molecule has 0 fully saturated rings. The van der Waals surface area contributed by atoms with E-state index in [9.17, 15) is 0 Å². The Morgan fingerprint density at radius 3 is 2.53 bits per heavy atom. The number of rotatable bonds is 5. The summed E-state index contributed by atoms with van der Waals surface area (Å²) in [6.45, 7) is 5.81. The molecule has 0 radical (unpaired) electrons. The van der Waals surface area contributed by atoms with Crippen LogP contribution in [0.25, 0.3) is 0 Å². The summed E-state index contributed by atoms with van der Waals surface area (Å²) >= 11 is 1.69. The first kappa shape index (κ1) is 14.2. The molecule has 1 aromatic carbocycles. The Bertz CT molecular complexity index is 518. The van der Waals surface area contributed by atoms with E-state index < -0.39 is 0 Å². The molecule has 3 nitrogen and oxygen atoms in total. The lowest BCUT2D eigenvalue weighted by molar-refractivity contribution is 0.302. The predicted molar refractivity (Wildman–Crippen MR) is 81.3 cm³/mol. The zero-order chi connectivity index (χ0) is 13.8. The molecule has 0 saturated carbocycles. The van der Waals surface area contributed by atoms with E-state index in [2.05, 4.69) is 53.5 Å². The van der Waals surface area contributed by atoms with Crippen molar-refractivity contribution in [1.29, 1.82) is 0 Å². The van der Waals surface area contributed by atoms with Gasteiger partial charge in [-0.3, -0.25) is 4.90 Å². The Kier molecular flexibility index (Phi) is 4.69. The topological polar surface area (TPSA) is 42.1 Å². The van der Waals surface area contributed by atoms with Crippen LogP contribution in [-0.2, 0) is 6.54 Å². The highest BCUT2D eigenvalue weighted by atomic mass is 32.1. The van der Waals surface area contributed by atoms with E-state index in [1.807, 2.05) is 6.92 Å². The van der Waals surface area contributed by atoms with Crippen molar-refractivity contribution in [2.75, 3.05) is 13.6 Å². The standard InChI is InChI=1S/C15H21N3S/c1-11-4-6-13(7-5-11)15(16)9-18(3)8-14-10-19-12(2)17-14/h4-7,10,15H,8-9,16H2,1-3H3. The van der Waals surface area contributed by atoms with Gasteiger partial charge < -0.3 is 5.73 Å². The van der Waals surface area contributed by atoms with Crippen LogP contribution in [0.5, 0.6) is 0 Å². The molecule has 0 amide bonds. The van der Waals surface area contributed by atoms with Crippen LogP contribution in [0.4, 0.5) is 0 Å². The van der Waals surface area contributed by atoms with Gasteiger partial charge in [-0.15, -0.1) is 11.3 Å². The van der Waals surface area contributed by atoms with Crippen LogP contribution in [0.3, 0.4) is 0 Å². The molecule has 1 aromatic heterocycles. The Morgan fingerprint density at radius 1 is 1.26 bits per heavy atom. The molecular weight excluding hydrogens is 254 g/mol. The fourth-order valence-corrected chi connectivity index (χ4v) is 2.68. The summed E-state index contributed by atoms with van der Waals surface area (Å²) in [6, 6.07) is 8.49. The Labute approximate surface area is 119 Å². The number of aromatic nitrogens is 1. The number of hydrogen-bond donors (Lipinski definition) is 1. The SMILES string of the molecule is Cc1ccc(C(N)CN(C)Cc2csc(C)n2)cc1. The molecule has 2 N–H and O–H groups in total. The van der Waals surface area contributed by atoms with E-state index in [0.717, 1.165) is 23.8 Å². The maximum absolute atomic E-state index is 6.25. The zero-order valence-electron chi connectivity index (χ0n) is 11.8. The molecule has 1 unspecified atom stereocenters. The van der Waals surface area contributed by atoms with E-state index in [4.69, 9.17) is 5.73 Å². The first-order valence-corrected chi connectivity index (χ1v) is 7.34. The second kappa shape index (κ2) is 6.28. The molecule has 1 heterocycles. The first-order valence-electron chi connectivity index (χ1n) is 6.46. The molecule has 0 aliphatic carbocycles. The third kappa shape index (κ3) is 4.13. The van der Waals surface area contributed by atoms with Crippen molar-refractivity contribution in [3.63, 3.8) is 0 Å². The Balaban J connectivity index is 1.91. The highest BCUT2D eigenvalue weighted by molar-refractivity contribution is 7.09. The summed E-state index contributed by atoms with van der Waals surface area (Å²) in [5, 5.41) is 3.23. The number of nitrogens with zero attached hydrogens (tertiary/aromatic N) is 2. The van der Waals surface area contributed by atoms with Crippen molar-refractivity contribution >= 4 is 11.3 Å². The lowest BCUT2D eigenvalue weighted by Gasteiger charge is -2.20. The maximum atomic E-state index is 6.25. The van der Waals surface area contributed by atoms with Gasteiger partial charge in [0.2, 0.25) is 0 Å². The van der Waals surface area contributed by atoms with Crippen molar-refractivity contribution in [1.82, 2.24) is 9.88 Å². The van der Waals surface area contributed by atoms with Crippen LogP contribution in [0.2, 0.25) is 0 Å². The zero-order valence-corrected chi connectivity index (χ0v) is 12.6. The minimum Gasteiger partial charge on any atom is -0.323 e. The van der Waals surface area contributed by atoms with Crippen molar-refractivity contribution in [3.8, 4) is 0 Å². The van der Waals surface area contributed by atoms with Crippen LogP contribution in [0.15, 0.2) is 29.6 Å². The summed E-state index contributed by atoms with van der Waals surface area (Å²) in [5.41, 5.74) is 9.82. The molecule has 2 aromatic rings. The second-order valence-corrected chi connectivity index (χ2v) is 6.13. The second-order valence-electron chi connectivity index (χ2n) is 5.07. The van der Waals surface area contributed by atoms with Gasteiger partial charge in [-0.25, -0.2) is 4.98 Å². The summed E-state index contributed by atoms with van der Waals surface area (Å²) in [7, 11) is 2.09. The fraction of sp³-hybridized carbons (Fsp3) is 0.400. The number of thiazole rings is 1. The molecule has 102 valence electrons. The molecule has 0 aliphatic heterocycles. The first-order chi connectivity index (χ1) is 9.04. The number of likely N-dealkylation sites (N-methyl/N-ethyl adjacent to an activating group) is 1. The minimum atomic E-state index is 0.0466. The molecule has 4 heteroatoms. The van der Waals surface area contributed by atoms with Crippen LogP contribution < -0.4 is 5.73 Å². The van der Waals surface area contributed by atoms with Gasteiger partial charge in [-0.1, -0.05) is 29.8 Å². The van der Waals surface area contributed by atoms with Crippen molar-refractivity contribution < 1.29 is 0 Å². The van der Waals surface area contributed by atoms with Gasteiger partial charge in [0.1, 0.15) is 0 Å². The fourth-order valence-electron chi connectivity index (χ4n) is 2.08. The van der Waals surface area contributed by atoms with Crippen molar-refractivity contribution in [2.24, 2.45) is 5.73 Å². The molecular formula is C15H21N3S. The summed E-state index contributed by atoms with van der Waals surface area (Å²) in [6.07, 6.45) is 0. The monoisotopic (exact) mass is 275 g/mol. The van der Waals surface area contributed by atoms with E-state index >= 15 is 0 Å². The van der Waals surface area contributed by atoms with Gasteiger partial charge in [0.25, 0.3) is 0 Å². The third-order valence-electron chi connectivity index (χ3n) is 3.11. The van der Waals surface area contributed by atoms with Gasteiger partial charge in [0.15, 0.2) is 0 Å². The summed E-state index contributed by atoms with van der Waals surface area (Å²) in [4.78, 5) is 6.70. The highest BCUT2D eigenvalue weighted by Crippen LogP contribution is 2.14. The van der Waals surface area contributed by atoms with E-state index in [-0.39, 0.29) is 6.04 Å². The van der Waals surface area contributed by atoms with Crippen molar-refractivity contribution in [3.05, 3.63) is 51.5 Å². The largest absolute Gasteiger partial charge is 0.323 e. The van der Waals surface area contributed by atoms with Gasteiger partial charge in [0.05, 0.1) is 10.7 Å². The normalized spacial score (nSPS) is 12.9. The predicted octanol–water partition coefficient (Wildman–Crippen LogP) is 2.89. The lowest BCUT2D eigenvalue weighted by Crippen LogP contribution is -2.28. The van der Waals surface area contributed by atoms with Crippen molar-refractivity contribution in [2.45, 2.75) is 26.4 Å². The van der Waals surface area contributed by atoms with E-state index in [1.54, 1.807) is 11.3 Å². The summed E-state index contributed by atoms with van der Waals surface area (Å²) in [5.74, 6) is 0. The average molecular weight is 275 g/mol. The van der Waals surface area contributed by atoms with Gasteiger partial charge in [0, 0.05) is 24.5 Å². The van der Waals surface area contributed by atoms with Crippen LogP contribution in [-0.4, -0.2) is 23.5 Å². The molecule has 2 rings (SSSR count). The Hall–Kier alpha value is -1.23. The number of aryl methyl sites for hydroxylation is 2. The minimum absolute atomic E-state index is 0.0466. The molecule has 1 atom stereocenters. The van der Waals surface area contributed by atoms with Gasteiger partial charge in [-0.2, -0.15) is 0 Å². The van der Waals surface area contributed by atoms with Crippen LogP contribution in [0, 0.1) is 13.8 Å². The van der Waals surface area contributed by atoms with E-state index in [0.29, 0.717) is 0 Å². The van der Waals surface area contributed by atoms with Crippen LogP contribution in [0.1, 0.15) is 27.9 Å². The molecule has 19 heavy (non-hydrogen) atoms. The quantitative estimate of drug-likeness (QED) is 0.912. The van der Waals surface area contributed by atoms with Crippen LogP contribution >= 0.6 is 11.3 Å².